The van der Waals surface area contributed by atoms with Gasteiger partial charge in [-0.15, -0.1) is 11.3 Å². The number of amides is 1. The Balaban J connectivity index is 1.37. The van der Waals surface area contributed by atoms with Crippen LogP contribution in [-0.2, 0) is 6.54 Å². The van der Waals surface area contributed by atoms with Crippen LogP contribution in [0.1, 0.15) is 32.0 Å². The average Bonchev–Trinajstić information content (AvgIpc) is 3.44. The van der Waals surface area contributed by atoms with Crippen molar-refractivity contribution in [3.63, 3.8) is 0 Å². The quantitative estimate of drug-likeness (QED) is 0.131. The highest BCUT2D eigenvalue weighted by Gasteiger charge is 2.18. The van der Waals surface area contributed by atoms with E-state index in [1.807, 2.05) is 62.6 Å². The monoisotopic (exact) mass is 594 g/mol. The summed E-state index contributed by atoms with van der Waals surface area (Å²) in [5.74, 6) is 0.554. The van der Waals surface area contributed by atoms with Crippen molar-refractivity contribution in [2.24, 2.45) is 0 Å². The van der Waals surface area contributed by atoms with E-state index < -0.39 is 0 Å². The van der Waals surface area contributed by atoms with Crippen molar-refractivity contribution in [1.82, 2.24) is 15.2 Å². The molecule has 0 aliphatic rings. The van der Waals surface area contributed by atoms with Crippen LogP contribution in [0.25, 0.3) is 10.6 Å². The second-order valence-corrected chi connectivity index (χ2v) is 11.7. The molecule has 0 aliphatic heterocycles. The molecular formula is C30H31ClN4O3S2. The zero-order chi connectivity index (χ0) is 28.5. The number of rotatable bonds is 13. The summed E-state index contributed by atoms with van der Waals surface area (Å²) in [7, 11) is 5.85. The lowest BCUT2D eigenvalue weighted by atomic mass is 10.2. The van der Waals surface area contributed by atoms with Gasteiger partial charge in [0.05, 0.1) is 29.4 Å². The Morgan fingerprint density at radius 2 is 1.88 bits per heavy atom. The average molecular weight is 595 g/mol. The second kappa shape index (κ2) is 14.3. The molecular weight excluding hydrogens is 564 g/mol. The fraction of sp³-hybridized carbons (Fsp3) is 0.233. The third kappa shape index (κ3) is 7.63. The molecule has 0 atom stereocenters. The van der Waals surface area contributed by atoms with E-state index in [4.69, 9.17) is 16.3 Å². The lowest BCUT2D eigenvalue weighted by Gasteiger charge is -2.15. The molecule has 4 rings (SSSR count). The van der Waals surface area contributed by atoms with Crippen LogP contribution in [0, 0.1) is 0 Å². The number of carbonyl (C=O) groups is 2. The molecule has 1 heterocycles. The molecule has 1 amide bonds. The molecule has 3 aromatic carbocycles. The molecule has 0 bridgehead atoms. The molecule has 0 fully saturated rings. The molecule has 208 valence electrons. The Hall–Kier alpha value is -3.37. The number of ether oxygens (including phenoxy) is 1. The van der Waals surface area contributed by atoms with Gasteiger partial charge in [0.2, 0.25) is 0 Å². The minimum atomic E-state index is -0.280. The molecule has 7 nitrogen and oxygen atoms in total. The Morgan fingerprint density at radius 1 is 1.10 bits per heavy atom. The lowest BCUT2D eigenvalue weighted by Crippen LogP contribution is -2.23. The number of halogens is 1. The number of nitrogens with one attached hydrogen (secondary N) is 2. The number of hydrogen-bond donors (Lipinski definition) is 2. The number of benzene rings is 3. The van der Waals surface area contributed by atoms with Gasteiger partial charge in [-0.2, -0.15) is 0 Å². The first kappa shape index (κ1) is 29.6. The first-order valence-corrected chi connectivity index (χ1v) is 14.7. The summed E-state index contributed by atoms with van der Waals surface area (Å²) in [6.07, 6.45) is 3.57. The van der Waals surface area contributed by atoms with Gasteiger partial charge < -0.3 is 20.3 Å². The molecule has 10 heteroatoms. The molecule has 0 aliphatic carbocycles. The molecule has 0 radical (unpaired) electrons. The van der Waals surface area contributed by atoms with Crippen LogP contribution in [0.4, 0.5) is 5.69 Å². The number of carbonyl (C=O) groups excluding carboxylic acids is 2. The van der Waals surface area contributed by atoms with Gasteiger partial charge in [0.1, 0.15) is 10.8 Å². The number of aldehydes is 1. The normalized spacial score (nSPS) is 10.9. The predicted octanol–water partition coefficient (Wildman–Crippen LogP) is 6.73. The van der Waals surface area contributed by atoms with E-state index >= 15 is 0 Å². The van der Waals surface area contributed by atoms with Gasteiger partial charge in [0.15, 0.2) is 6.29 Å². The largest absolute Gasteiger partial charge is 0.494 e. The molecule has 2 N–H and O–H groups in total. The molecule has 40 heavy (non-hydrogen) atoms. The summed E-state index contributed by atoms with van der Waals surface area (Å²) in [5.41, 5.74) is 2.58. The minimum absolute atomic E-state index is 0.280. The zero-order valence-corrected chi connectivity index (χ0v) is 25.0. The van der Waals surface area contributed by atoms with Crippen LogP contribution < -0.4 is 15.4 Å². The van der Waals surface area contributed by atoms with Crippen LogP contribution in [-0.4, -0.2) is 56.4 Å². The van der Waals surface area contributed by atoms with Crippen molar-refractivity contribution < 1.29 is 14.3 Å². The zero-order valence-electron chi connectivity index (χ0n) is 22.6. The van der Waals surface area contributed by atoms with E-state index in [-0.39, 0.29) is 5.91 Å². The standard InChI is InChI=1S/C30H31ClN4O3S2/c1-32-28-26(40-25-8-5-4-7-21(25)19-36)14-13-24(27(28)31)29(37)33-17-23-18-34-30(39-23)20-9-11-22(12-10-20)38-16-6-15-35(2)3/h4-5,7-14,18-19,32H,6,15-17H2,1-3H3,(H,33,37). The highest BCUT2D eigenvalue weighted by Crippen LogP contribution is 2.40. The van der Waals surface area contributed by atoms with Crippen LogP contribution >= 0.6 is 34.7 Å². The Morgan fingerprint density at radius 3 is 2.60 bits per heavy atom. The smallest absolute Gasteiger partial charge is 0.253 e. The Labute approximate surface area is 247 Å². The number of anilines is 1. The molecule has 0 spiro atoms. The summed E-state index contributed by atoms with van der Waals surface area (Å²) < 4.78 is 5.81. The Kier molecular flexibility index (Phi) is 10.6. The van der Waals surface area contributed by atoms with Gasteiger partial charge in [0.25, 0.3) is 5.91 Å². The third-order valence-electron chi connectivity index (χ3n) is 5.96. The lowest BCUT2D eigenvalue weighted by molar-refractivity contribution is 0.0951. The van der Waals surface area contributed by atoms with Crippen molar-refractivity contribution in [2.45, 2.75) is 22.8 Å². The van der Waals surface area contributed by atoms with Gasteiger partial charge in [-0.25, -0.2) is 4.98 Å². The van der Waals surface area contributed by atoms with Crippen LogP contribution in [0.3, 0.4) is 0 Å². The van der Waals surface area contributed by atoms with Gasteiger partial charge in [-0.3, -0.25) is 9.59 Å². The van der Waals surface area contributed by atoms with Crippen LogP contribution in [0.5, 0.6) is 5.75 Å². The summed E-state index contributed by atoms with van der Waals surface area (Å²) in [6.45, 7) is 1.99. The number of nitrogens with zero attached hydrogens (tertiary/aromatic N) is 2. The van der Waals surface area contributed by atoms with Crippen LogP contribution in [0.2, 0.25) is 5.02 Å². The molecule has 0 unspecified atom stereocenters. The molecule has 0 saturated carbocycles. The van der Waals surface area contributed by atoms with Gasteiger partial charge in [-0.05, 0) is 63.0 Å². The van der Waals surface area contributed by atoms with Crippen molar-refractivity contribution >= 4 is 52.6 Å². The summed E-state index contributed by atoms with van der Waals surface area (Å²) in [5, 5.41) is 7.24. The second-order valence-electron chi connectivity index (χ2n) is 9.15. The summed E-state index contributed by atoms with van der Waals surface area (Å²) >= 11 is 9.59. The maximum absolute atomic E-state index is 13.0. The molecule has 1 aromatic heterocycles. The predicted molar refractivity (Wildman–Crippen MR) is 164 cm³/mol. The van der Waals surface area contributed by atoms with E-state index in [1.165, 1.54) is 23.1 Å². The van der Waals surface area contributed by atoms with E-state index in [0.717, 1.165) is 50.2 Å². The molecule has 0 saturated heterocycles. The topological polar surface area (TPSA) is 83.6 Å². The first-order valence-electron chi connectivity index (χ1n) is 12.7. The van der Waals surface area contributed by atoms with E-state index in [9.17, 15) is 9.59 Å². The maximum atomic E-state index is 13.0. The summed E-state index contributed by atoms with van der Waals surface area (Å²) in [6, 6.07) is 18.8. The van der Waals surface area contributed by atoms with Crippen molar-refractivity contribution in [3.05, 3.63) is 87.9 Å². The van der Waals surface area contributed by atoms with Crippen molar-refractivity contribution in [2.75, 3.05) is 39.6 Å². The fourth-order valence-corrected chi connectivity index (χ4v) is 6.21. The first-order chi connectivity index (χ1) is 19.4. The van der Waals surface area contributed by atoms with Crippen molar-refractivity contribution in [1.29, 1.82) is 0 Å². The Bertz CT molecular complexity index is 1460. The van der Waals surface area contributed by atoms with E-state index in [1.54, 1.807) is 25.4 Å². The minimum Gasteiger partial charge on any atom is -0.494 e. The van der Waals surface area contributed by atoms with E-state index in [2.05, 4.69) is 20.5 Å². The molecule has 4 aromatic rings. The third-order valence-corrected chi connectivity index (χ3v) is 8.55. The summed E-state index contributed by atoms with van der Waals surface area (Å²) in [4.78, 5) is 33.7. The SMILES string of the molecule is CNc1c(Sc2ccccc2C=O)ccc(C(=O)NCc2cnc(-c3ccc(OCCCN(C)C)cc3)s2)c1Cl. The highest BCUT2D eigenvalue weighted by atomic mass is 35.5. The number of hydrogen-bond acceptors (Lipinski definition) is 8. The number of thiazole rings is 1. The maximum Gasteiger partial charge on any atom is 0.253 e. The van der Waals surface area contributed by atoms with Gasteiger partial charge in [0, 0.05) is 45.6 Å². The van der Waals surface area contributed by atoms with Crippen molar-refractivity contribution in [3.8, 4) is 16.3 Å². The van der Waals surface area contributed by atoms with Gasteiger partial charge >= 0.3 is 0 Å². The van der Waals surface area contributed by atoms with E-state index in [0.29, 0.717) is 35.0 Å². The number of aromatic nitrogens is 1. The van der Waals surface area contributed by atoms with Gasteiger partial charge in [-0.1, -0.05) is 41.6 Å². The fourth-order valence-electron chi connectivity index (χ4n) is 3.89. The highest BCUT2D eigenvalue weighted by molar-refractivity contribution is 7.99. The van der Waals surface area contributed by atoms with Crippen LogP contribution in [0.15, 0.2) is 76.7 Å².